The Balaban J connectivity index is 1.87. The Morgan fingerprint density at radius 2 is 2.15 bits per heavy atom. The molecule has 1 aromatic rings. The molecule has 110 valence electrons. The van der Waals surface area contributed by atoms with Gasteiger partial charge in [0, 0.05) is 29.8 Å². The summed E-state index contributed by atoms with van der Waals surface area (Å²) < 4.78 is 5.38. The van der Waals surface area contributed by atoms with Crippen molar-refractivity contribution in [3.8, 4) is 0 Å². The molecule has 0 radical (unpaired) electrons. The first-order valence-electron chi connectivity index (χ1n) is 7.00. The smallest absolute Gasteiger partial charge is 0.319 e. The number of carbonyl (C=O) groups is 1. The predicted molar refractivity (Wildman–Crippen MR) is 77.5 cm³/mol. The Bertz CT molecular complexity index is 458. The van der Waals surface area contributed by atoms with E-state index in [9.17, 15) is 9.90 Å². The Morgan fingerprint density at radius 1 is 1.40 bits per heavy atom. The van der Waals surface area contributed by atoms with Gasteiger partial charge >= 0.3 is 6.03 Å². The molecule has 1 aliphatic carbocycles. The zero-order valence-corrected chi connectivity index (χ0v) is 11.8. The minimum atomic E-state index is -0.242. The van der Waals surface area contributed by atoms with Gasteiger partial charge < -0.3 is 20.5 Å². The minimum Gasteiger partial charge on any atom is -0.396 e. The average molecular weight is 278 g/mol. The summed E-state index contributed by atoms with van der Waals surface area (Å²) in [5.41, 5.74) is 1.63. The van der Waals surface area contributed by atoms with Crippen molar-refractivity contribution in [2.45, 2.75) is 26.4 Å². The number of para-hydroxylation sites is 1. The van der Waals surface area contributed by atoms with Gasteiger partial charge in [0.05, 0.1) is 13.2 Å². The van der Waals surface area contributed by atoms with Crippen LogP contribution < -0.4 is 10.6 Å². The Labute approximate surface area is 119 Å². The number of ether oxygens (including phenoxy) is 1. The fourth-order valence-electron chi connectivity index (χ4n) is 1.98. The fraction of sp³-hybridized carbons (Fsp3) is 0.533. The molecular formula is C15H22N2O3. The van der Waals surface area contributed by atoms with Gasteiger partial charge in [-0.25, -0.2) is 4.79 Å². The maximum Gasteiger partial charge on any atom is 0.319 e. The molecule has 5 nitrogen and oxygen atoms in total. The number of urea groups is 1. The van der Waals surface area contributed by atoms with Crippen LogP contribution in [0.15, 0.2) is 24.3 Å². The van der Waals surface area contributed by atoms with Crippen LogP contribution in [0.3, 0.4) is 0 Å². The van der Waals surface area contributed by atoms with E-state index in [-0.39, 0.29) is 18.1 Å². The number of benzene rings is 1. The lowest BCUT2D eigenvalue weighted by Crippen LogP contribution is -2.35. The lowest BCUT2D eigenvalue weighted by molar-refractivity contribution is 0.134. The first-order chi connectivity index (χ1) is 9.69. The van der Waals surface area contributed by atoms with Crippen molar-refractivity contribution in [3.63, 3.8) is 0 Å². The zero-order valence-electron chi connectivity index (χ0n) is 11.8. The second kappa shape index (κ2) is 6.72. The van der Waals surface area contributed by atoms with E-state index in [1.807, 2.05) is 31.2 Å². The molecule has 0 unspecified atom stereocenters. The molecule has 3 N–H and O–H groups in total. The van der Waals surface area contributed by atoms with Gasteiger partial charge in [-0.1, -0.05) is 18.2 Å². The van der Waals surface area contributed by atoms with E-state index in [1.165, 1.54) is 0 Å². The van der Waals surface area contributed by atoms with Crippen LogP contribution in [-0.2, 0) is 11.3 Å². The molecule has 1 fully saturated rings. The van der Waals surface area contributed by atoms with Gasteiger partial charge in [-0.05, 0) is 25.8 Å². The predicted octanol–water partition coefficient (Wildman–Crippen LogP) is 2.12. The molecule has 0 spiro atoms. The molecule has 0 heterocycles. The van der Waals surface area contributed by atoms with Crippen LogP contribution in [-0.4, -0.2) is 30.9 Å². The number of rotatable bonds is 7. The van der Waals surface area contributed by atoms with Gasteiger partial charge in [-0.15, -0.1) is 0 Å². The van der Waals surface area contributed by atoms with Crippen LogP contribution >= 0.6 is 0 Å². The van der Waals surface area contributed by atoms with Gasteiger partial charge in [0.25, 0.3) is 0 Å². The van der Waals surface area contributed by atoms with Crippen LogP contribution in [0.1, 0.15) is 25.3 Å². The second-order valence-corrected chi connectivity index (χ2v) is 5.26. The first-order valence-corrected chi connectivity index (χ1v) is 7.00. The van der Waals surface area contributed by atoms with E-state index in [1.54, 1.807) is 0 Å². The molecule has 1 aromatic carbocycles. The quantitative estimate of drug-likeness (QED) is 0.715. The average Bonchev–Trinajstić information content (AvgIpc) is 3.25. The summed E-state index contributed by atoms with van der Waals surface area (Å²) in [4.78, 5) is 11.9. The standard InChI is InChI=1S/C15H22N2O3/c1-2-20-9-12-5-3-4-6-13(12)17-14(19)16-10-15(11-18)7-8-15/h3-6,18H,2,7-11H2,1H3,(H2,16,17,19). The highest BCUT2D eigenvalue weighted by molar-refractivity contribution is 5.90. The van der Waals surface area contributed by atoms with Crippen molar-refractivity contribution in [2.24, 2.45) is 5.41 Å². The largest absolute Gasteiger partial charge is 0.396 e. The lowest BCUT2D eigenvalue weighted by atomic mass is 10.1. The molecule has 0 aliphatic heterocycles. The van der Waals surface area contributed by atoms with Crippen molar-refractivity contribution < 1.29 is 14.6 Å². The summed E-state index contributed by atoms with van der Waals surface area (Å²) in [6.45, 7) is 3.71. The summed E-state index contributed by atoms with van der Waals surface area (Å²) in [5, 5.41) is 14.9. The molecule has 5 heteroatoms. The van der Waals surface area contributed by atoms with Crippen molar-refractivity contribution in [1.29, 1.82) is 0 Å². The zero-order chi connectivity index (χ0) is 14.4. The van der Waals surface area contributed by atoms with Crippen molar-refractivity contribution in [1.82, 2.24) is 5.32 Å². The van der Waals surface area contributed by atoms with Crippen LogP contribution in [0.4, 0.5) is 10.5 Å². The highest BCUT2D eigenvalue weighted by Crippen LogP contribution is 2.44. The summed E-state index contributed by atoms with van der Waals surface area (Å²) in [6.07, 6.45) is 1.95. The number of hydrogen-bond donors (Lipinski definition) is 3. The van der Waals surface area contributed by atoms with Crippen LogP contribution in [0.5, 0.6) is 0 Å². The number of carbonyl (C=O) groups excluding carboxylic acids is 1. The monoisotopic (exact) mass is 278 g/mol. The molecule has 2 amide bonds. The molecule has 0 aromatic heterocycles. The van der Waals surface area contributed by atoms with E-state index in [2.05, 4.69) is 10.6 Å². The maximum atomic E-state index is 11.9. The third-order valence-corrected chi connectivity index (χ3v) is 3.64. The van der Waals surface area contributed by atoms with Crippen molar-refractivity contribution in [3.05, 3.63) is 29.8 Å². The van der Waals surface area contributed by atoms with Crippen molar-refractivity contribution >= 4 is 11.7 Å². The van der Waals surface area contributed by atoms with Crippen molar-refractivity contribution in [2.75, 3.05) is 25.1 Å². The van der Waals surface area contributed by atoms with Gasteiger partial charge in [-0.2, -0.15) is 0 Å². The van der Waals surface area contributed by atoms with E-state index in [0.717, 1.165) is 24.1 Å². The summed E-state index contributed by atoms with van der Waals surface area (Å²) >= 11 is 0. The molecule has 0 saturated heterocycles. The second-order valence-electron chi connectivity index (χ2n) is 5.26. The SMILES string of the molecule is CCOCc1ccccc1NC(=O)NCC1(CO)CC1. The molecule has 1 saturated carbocycles. The van der Waals surface area contributed by atoms with E-state index in [0.29, 0.717) is 19.8 Å². The third-order valence-electron chi connectivity index (χ3n) is 3.64. The van der Waals surface area contributed by atoms with Gasteiger partial charge in [0.2, 0.25) is 0 Å². The summed E-state index contributed by atoms with van der Waals surface area (Å²) in [5.74, 6) is 0. The number of amides is 2. The van der Waals surface area contributed by atoms with Crippen LogP contribution in [0, 0.1) is 5.41 Å². The van der Waals surface area contributed by atoms with Gasteiger partial charge in [0.1, 0.15) is 0 Å². The molecule has 1 aliphatic rings. The first kappa shape index (κ1) is 14.8. The Kier molecular flexibility index (Phi) is 4.98. The molecular weight excluding hydrogens is 256 g/mol. The molecule has 20 heavy (non-hydrogen) atoms. The van der Waals surface area contributed by atoms with E-state index in [4.69, 9.17) is 4.74 Å². The van der Waals surface area contributed by atoms with Crippen LogP contribution in [0.25, 0.3) is 0 Å². The number of aliphatic hydroxyl groups excluding tert-OH is 1. The number of anilines is 1. The van der Waals surface area contributed by atoms with E-state index < -0.39 is 0 Å². The Hall–Kier alpha value is -1.59. The highest BCUT2D eigenvalue weighted by Gasteiger charge is 2.42. The van der Waals surface area contributed by atoms with E-state index >= 15 is 0 Å². The number of hydrogen-bond acceptors (Lipinski definition) is 3. The molecule has 2 rings (SSSR count). The summed E-state index contributed by atoms with van der Waals surface area (Å²) in [6, 6.07) is 7.34. The molecule has 0 atom stereocenters. The normalized spacial score (nSPS) is 15.7. The van der Waals surface area contributed by atoms with Gasteiger partial charge in [-0.3, -0.25) is 0 Å². The number of nitrogens with one attached hydrogen (secondary N) is 2. The minimum absolute atomic E-state index is 0.0812. The topological polar surface area (TPSA) is 70.6 Å². The maximum absolute atomic E-state index is 11.9. The van der Waals surface area contributed by atoms with Gasteiger partial charge in [0.15, 0.2) is 0 Å². The Morgan fingerprint density at radius 3 is 2.80 bits per heavy atom. The lowest BCUT2D eigenvalue weighted by Gasteiger charge is -2.15. The third kappa shape index (κ3) is 3.95. The van der Waals surface area contributed by atoms with Crippen LogP contribution in [0.2, 0.25) is 0 Å². The molecule has 0 bridgehead atoms. The fourth-order valence-corrected chi connectivity index (χ4v) is 1.98. The number of aliphatic hydroxyl groups is 1. The highest BCUT2D eigenvalue weighted by atomic mass is 16.5. The summed E-state index contributed by atoms with van der Waals surface area (Å²) in [7, 11) is 0.